The number of halogens is 5. The van der Waals surface area contributed by atoms with Crippen molar-refractivity contribution in [1.82, 2.24) is 4.57 Å². The number of carbonyl (C=O) groups excluding carboxylic acids is 3. The van der Waals surface area contributed by atoms with E-state index in [1.807, 2.05) is 0 Å². The molecule has 1 aromatic heterocycles. The van der Waals surface area contributed by atoms with E-state index in [0.29, 0.717) is 14.9 Å². The number of carbonyl (C=O) groups is 3. The Kier molecular flexibility index (Phi) is 7.55. The minimum Gasteiger partial charge on any atom is -0.324 e. The molecule has 0 saturated carbocycles. The number of benzene rings is 3. The van der Waals surface area contributed by atoms with Crippen molar-refractivity contribution in [3.8, 4) is 0 Å². The highest BCUT2D eigenvalue weighted by molar-refractivity contribution is 9.10. The molecule has 3 atom stereocenters. The Balaban J connectivity index is 1.40. The largest absolute Gasteiger partial charge is 0.418 e. The second-order valence-electron chi connectivity index (χ2n) is 9.80. The van der Waals surface area contributed by atoms with E-state index < -0.39 is 69.5 Å². The maximum Gasteiger partial charge on any atom is 0.418 e. The van der Waals surface area contributed by atoms with Gasteiger partial charge >= 0.3 is 11.0 Å². The zero-order valence-electron chi connectivity index (χ0n) is 21.6. The van der Waals surface area contributed by atoms with E-state index in [4.69, 9.17) is 0 Å². The lowest BCUT2D eigenvalue weighted by atomic mass is 9.83. The van der Waals surface area contributed by atoms with Crippen molar-refractivity contribution in [1.29, 1.82) is 0 Å². The van der Waals surface area contributed by atoms with Gasteiger partial charge in [-0.3, -0.25) is 23.7 Å². The van der Waals surface area contributed by atoms with Gasteiger partial charge in [0.15, 0.2) is 0 Å². The van der Waals surface area contributed by atoms with Gasteiger partial charge in [0.05, 0.1) is 27.9 Å². The zero-order chi connectivity index (χ0) is 30.6. The van der Waals surface area contributed by atoms with Crippen LogP contribution in [0, 0.1) is 11.7 Å². The van der Waals surface area contributed by atoms with Crippen molar-refractivity contribution < 1.29 is 31.9 Å². The Labute approximate surface area is 257 Å². The first-order chi connectivity index (χ1) is 20.4. The molecule has 0 radical (unpaired) electrons. The van der Waals surface area contributed by atoms with Crippen molar-refractivity contribution >= 4 is 68.1 Å². The monoisotopic (exact) mass is 691 g/mol. The minimum absolute atomic E-state index is 0.197. The summed E-state index contributed by atoms with van der Waals surface area (Å²) in [5.41, 5.74) is -0.651. The molecule has 2 aliphatic heterocycles. The average Bonchev–Trinajstić information content (AvgIpc) is 3.39. The maximum atomic E-state index is 13.8. The van der Waals surface area contributed by atoms with Gasteiger partial charge in [0.1, 0.15) is 17.6 Å². The first-order valence-electron chi connectivity index (χ1n) is 12.7. The van der Waals surface area contributed by atoms with E-state index in [9.17, 15) is 36.7 Å². The number of aromatic nitrogens is 1. The molecule has 0 aliphatic carbocycles. The summed E-state index contributed by atoms with van der Waals surface area (Å²) in [7, 11) is 0. The van der Waals surface area contributed by atoms with Crippen LogP contribution >= 0.6 is 39.0 Å². The van der Waals surface area contributed by atoms with E-state index in [-0.39, 0.29) is 10.7 Å². The highest BCUT2D eigenvalue weighted by Crippen LogP contribution is 2.54. The quantitative estimate of drug-likeness (QED) is 0.197. The molecule has 220 valence electrons. The van der Waals surface area contributed by atoms with Crippen LogP contribution < -0.4 is 15.1 Å². The van der Waals surface area contributed by atoms with Gasteiger partial charge in [0, 0.05) is 15.3 Å². The molecular formula is C29H18BrF4N3O4S2. The average molecular weight is 693 g/mol. The van der Waals surface area contributed by atoms with E-state index in [0.717, 1.165) is 56.8 Å². The number of nitrogens with zero attached hydrogens (tertiary/aromatic N) is 2. The molecule has 0 bridgehead atoms. The lowest BCUT2D eigenvalue weighted by Gasteiger charge is -2.30. The van der Waals surface area contributed by atoms with E-state index in [2.05, 4.69) is 21.2 Å². The van der Waals surface area contributed by atoms with Crippen LogP contribution in [0.4, 0.5) is 28.9 Å². The number of hydrogen-bond acceptors (Lipinski definition) is 6. The van der Waals surface area contributed by atoms with Gasteiger partial charge in [-0.2, -0.15) is 13.2 Å². The van der Waals surface area contributed by atoms with Crippen LogP contribution in [0.5, 0.6) is 0 Å². The fourth-order valence-corrected chi connectivity index (χ4v) is 8.52. The highest BCUT2D eigenvalue weighted by Gasteiger charge is 2.56. The zero-order valence-corrected chi connectivity index (χ0v) is 24.8. The van der Waals surface area contributed by atoms with Gasteiger partial charge in [-0.15, -0.1) is 0 Å². The fourth-order valence-electron chi connectivity index (χ4n) is 5.33. The molecule has 1 fully saturated rings. The lowest BCUT2D eigenvalue weighted by molar-refractivity contribution is -0.137. The van der Waals surface area contributed by atoms with Crippen molar-refractivity contribution in [2.45, 2.75) is 28.9 Å². The Morgan fingerprint density at radius 2 is 1.67 bits per heavy atom. The molecule has 14 heteroatoms. The maximum absolute atomic E-state index is 13.8. The summed E-state index contributed by atoms with van der Waals surface area (Å²) < 4.78 is 55.8. The first-order valence-corrected chi connectivity index (χ1v) is 15.2. The van der Waals surface area contributed by atoms with Crippen molar-refractivity contribution in [2.24, 2.45) is 5.92 Å². The Morgan fingerprint density at radius 3 is 2.37 bits per heavy atom. The van der Waals surface area contributed by atoms with Crippen molar-refractivity contribution in [3.05, 3.63) is 109 Å². The van der Waals surface area contributed by atoms with E-state index in [1.165, 1.54) is 24.3 Å². The molecule has 0 unspecified atom stereocenters. The standard InChI is InChI=1S/C29H18BrF4N3O4S2/c30-15-5-3-4-14(12-15)21-22-23(26(40)37(25(22)39)17-10-8-16(31)9-11-17)42-27-24(21)43-28(41)36(27)13-20(38)35-19-7-2-1-6-18(19)29(32,33)34/h1-12,21-23H,13H2,(H,35,38)/t21-,22-,23+/m0/s1. The molecular weight excluding hydrogens is 674 g/mol. The number of nitrogens with one attached hydrogen (secondary N) is 1. The number of para-hydroxylation sites is 1. The summed E-state index contributed by atoms with van der Waals surface area (Å²) >= 11 is 5.20. The topological polar surface area (TPSA) is 88.5 Å². The van der Waals surface area contributed by atoms with Crippen LogP contribution in [0.25, 0.3) is 0 Å². The molecule has 7 nitrogen and oxygen atoms in total. The first kappa shape index (κ1) is 29.3. The molecule has 6 rings (SSSR count). The molecule has 4 aromatic rings. The Hall–Kier alpha value is -3.75. The summed E-state index contributed by atoms with van der Waals surface area (Å²) in [4.78, 5) is 54.7. The number of anilines is 2. The summed E-state index contributed by atoms with van der Waals surface area (Å²) in [6.07, 6.45) is -4.71. The summed E-state index contributed by atoms with van der Waals surface area (Å²) in [6.45, 7) is -0.615. The SMILES string of the molecule is O=C(Cn1c2c(sc1=O)[C@@H](c1cccc(Br)c1)[C@@H]1C(=O)N(c3ccc(F)cc3)C(=O)[C@@H]1S2)Nc1ccccc1C(F)(F)F. The normalized spacial score (nSPS) is 19.7. The molecule has 2 aliphatic rings. The van der Waals surface area contributed by atoms with Crippen molar-refractivity contribution in [2.75, 3.05) is 10.2 Å². The number of thiazole rings is 1. The number of thioether (sulfide) groups is 1. The van der Waals surface area contributed by atoms with Gasteiger partial charge in [-0.05, 0) is 54.1 Å². The van der Waals surface area contributed by atoms with Gasteiger partial charge in [-0.25, -0.2) is 9.29 Å². The van der Waals surface area contributed by atoms with Crippen LogP contribution in [-0.4, -0.2) is 27.5 Å². The van der Waals surface area contributed by atoms with Gasteiger partial charge < -0.3 is 5.32 Å². The third-order valence-electron chi connectivity index (χ3n) is 7.15. The molecule has 3 aromatic carbocycles. The number of imide groups is 1. The minimum atomic E-state index is -4.71. The number of alkyl halides is 3. The second-order valence-corrected chi connectivity index (χ2v) is 12.8. The van der Waals surface area contributed by atoms with Gasteiger partial charge in [-0.1, -0.05) is 63.3 Å². The van der Waals surface area contributed by atoms with Crippen LogP contribution in [0.2, 0.25) is 0 Å². The Bertz CT molecular complexity index is 1840. The number of rotatable bonds is 5. The van der Waals surface area contributed by atoms with Crippen LogP contribution in [0.1, 0.15) is 21.9 Å². The fraction of sp³-hybridized carbons (Fsp3) is 0.172. The predicted octanol–water partition coefficient (Wildman–Crippen LogP) is 6.26. The summed E-state index contributed by atoms with van der Waals surface area (Å²) in [5.74, 6) is -4.14. The Morgan fingerprint density at radius 1 is 0.953 bits per heavy atom. The lowest BCUT2D eigenvalue weighted by Crippen LogP contribution is -2.33. The van der Waals surface area contributed by atoms with Gasteiger partial charge in [0.2, 0.25) is 17.7 Å². The number of hydrogen-bond donors (Lipinski definition) is 1. The van der Waals surface area contributed by atoms with Crippen LogP contribution in [-0.2, 0) is 27.1 Å². The van der Waals surface area contributed by atoms with Gasteiger partial charge in [0.25, 0.3) is 0 Å². The molecule has 3 amide bonds. The third kappa shape index (κ3) is 5.31. The second kappa shape index (κ2) is 11.1. The molecule has 0 spiro atoms. The molecule has 3 heterocycles. The molecule has 43 heavy (non-hydrogen) atoms. The summed E-state index contributed by atoms with van der Waals surface area (Å²) in [5, 5.41) is 1.54. The third-order valence-corrected chi connectivity index (χ3v) is 10.2. The predicted molar refractivity (Wildman–Crippen MR) is 157 cm³/mol. The molecule has 1 N–H and O–H groups in total. The number of amides is 3. The highest BCUT2D eigenvalue weighted by atomic mass is 79.9. The smallest absolute Gasteiger partial charge is 0.324 e. The van der Waals surface area contributed by atoms with E-state index >= 15 is 0 Å². The summed E-state index contributed by atoms with van der Waals surface area (Å²) in [6, 6.07) is 16.5. The van der Waals surface area contributed by atoms with Crippen LogP contribution in [0.15, 0.2) is 87.1 Å². The molecule has 1 saturated heterocycles. The van der Waals surface area contributed by atoms with Crippen molar-refractivity contribution in [3.63, 3.8) is 0 Å². The van der Waals surface area contributed by atoms with Crippen LogP contribution in [0.3, 0.4) is 0 Å². The van der Waals surface area contributed by atoms with E-state index in [1.54, 1.807) is 24.3 Å². The number of fused-ring (bicyclic) bond motifs is 2.